The van der Waals surface area contributed by atoms with E-state index in [1.807, 2.05) is 6.92 Å². The van der Waals surface area contributed by atoms with E-state index in [9.17, 15) is 15.1 Å². The van der Waals surface area contributed by atoms with Crippen molar-refractivity contribution in [2.75, 3.05) is 7.11 Å². The highest BCUT2D eigenvalue weighted by Crippen LogP contribution is 2.65. The Morgan fingerprint density at radius 3 is 2.26 bits per heavy atom. The first-order valence-electron chi connectivity index (χ1n) is 9.12. The van der Waals surface area contributed by atoms with E-state index in [2.05, 4.69) is 4.74 Å². The van der Waals surface area contributed by atoms with E-state index in [-0.39, 0.29) is 12.0 Å². The molecule has 4 saturated carbocycles. The highest BCUT2D eigenvalue weighted by Gasteiger charge is 2.66. The molecule has 0 aromatic carbocycles. The summed E-state index contributed by atoms with van der Waals surface area (Å²) in [6.45, 7) is 1.92. The highest BCUT2D eigenvalue weighted by atomic mass is 16.5. The van der Waals surface area contributed by atoms with Gasteiger partial charge in [0.2, 0.25) is 0 Å². The number of rotatable bonds is 3. The SMILES string of the molecule is COC(=O)C(O)CC1(C)CCC2(C3CC4CC(C3)CC2C4)N1[O]. The van der Waals surface area contributed by atoms with Crippen molar-refractivity contribution < 1.29 is 19.8 Å². The number of hydrogen-bond acceptors (Lipinski definition) is 4. The Morgan fingerprint density at radius 2 is 1.74 bits per heavy atom. The second kappa shape index (κ2) is 5.17. The Kier molecular flexibility index (Phi) is 3.56. The molecule has 5 heteroatoms. The molecular weight excluding hydrogens is 294 g/mol. The summed E-state index contributed by atoms with van der Waals surface area (Å²) in [6, 6.07) is 0. The molecule has 1 aliphatic heterocycles. The minimum absolute atomic E-state index is 0.178. The van der Waals surface area contributed by atoms with Gasteiger partial charge in [-0.25, -0.2) is 4.79 Å². The van der Waals surface area contributed by atoms with Gasteiger partial charge in [-0.05, 0) is 75.5 Å². The van der Waals surface area contributed by atoms with Gasteiger partial charge in [-0.1, -0.05) is 0 Å². The van der Waals surface area contributed by atoms with Gasteiger partial charge in [0, 0.05) is 6.42 Å². The fourth-order valence-electron chi connectivity index (χ4n) is 6.74. The monoisotopic (exact) mass is 322 g/mol. The molecule has 23 heavy (non-hydrogen) atoms. The first-order chi connectivity index (χ1) is 10.9. The van der Waals surface area contributed by atoms with Gasteiger partial charge in [-0.15, -0.1) is 10.3 Å². The maximum absolute atomic E-state index is 13.4. The van der Waals surface area contributed by atoms with E-state index in [1.54, 1.807) is 0 Å². The van der Waals surface area contributed by atoms with Crippen LogP contribution in [-0.4, -0.2) is 40.4 Å². The zero-order valence-electron chi connectivity index (χ0n) is 14.2. The number of esters is 1. The molecule has 2 atom stereocenters. The number of nitrogens with zero attached hydrogens (tertiary/aromatic N) is 1. The van der Waals surface area contributed by atoms with Crippen LogP contribution in [0.1, 0.15) is 58.3 Å². The Bertz CT molecular complexity index is 479. The van der Waals surface area contributed by atoms with Gasteiger partial charge < -0.3 is 9.84 Å². The van der Waals surface area contributed by atoms with Gasteiger partial charge in [0.05, 0.1) is 18.2 Å². The van der Waals surface area contributed by atoms with E-state index in [0.29, 0.717) is 11.8 Å². The van der Waals surface area contributed by atoms with Crippen molar-refractivity contribution >= 4 is 5.97 Å². The zero-order chi connectivity index (χ0) is 16.4. The quantitative estimate of drug-likeness (QED) is 0.810. The lowest BCUT2D eigenvalue weighted by molar-refractivity contribution is -0.309. The lowest BCUT2D eigenvalue weighted by atomic mass is 9.48. The van der Waals surface area contributed by atoms with Crippen LogP contribution in [0.2, 0.25) is 0 Å². The molecule has 5 aliphatic rings. The number of carbonyl (C=O) groups is 1. The summed E-state index contributed by atoms with van der Waals surface area (Å²) >= 11 is 0. The molecule has 0 aromatic rings. The largest absolute Gasteiger partial charge is 0.467 e. The molecule has 4 aliphatic carbocycles. The fraction of sp³-hybridized carbons (Fsp3) is 0.944. The van der Waals surface area contributed by atoms with E-state index in [1.165, 1.54) is 44.3 Å². The van der Waals surface area contributed by atoms with Crippen molar-refractivity contribution in [1.82, 2.24) is 5.06 Å². The predicted octanol–water partition coefficient (Wildman–Crippen LogP) is 2.31. The molecular formula is C18H28NO4. The van der Waals surface area contributed by atoms with Crippen molar-refractivity contribution in [2.45, 2.75) is 75.5 Å². The predicted molar refractivity (Wildman–Crippen MR) is 82.6 cm³/mol. The average Bonchev–Trinajstić information content (AvgIpc) is 2.77. The van der Waals surface area contributed by atoms with Crippen LogP contribution in [0.4, 0.5) is 0 Å². The van der Waals surface area contributed by atoms with E-state index in [4.69, 9.17) is 0 Å². The number of carbonyl (C=O) groups excluding carboxylic acids is 1. The number of methoxy groups -OCH3 is 1. The smallest absolute Gasteiger partial charge is 0.334 e. The molecule has 1 radical (unpaired) electrons. The van der Waals surface area contributed by atoms with Crippen LogP contribution >= 0.6 is 0 Å². The zero-order valence-corrected chi connectivity index (χ0v) is 14.2. The van der Waals surface area contributed by atoms with Crippen LogP contribution in [0.15, 0.2) is 0 Å². The second-order valence-electron chi connectivity index (χ2n) is 8.83. The van der Waals surface area contributed by atoms with Crippen LogP contribution < -0.4 is 0 Å². The number of aliphatic hydroxyl groups is 1. The van der Waals surface area contributed by atoms with Gasteiger partial charge in [0.25, 0.3) is 0 Å². The van der Waals surface area contributed by atoms with E-state index < -0.39 is 17.6 Å². The molecule has 5 nitrogen and oxygen atoms in total. The highest BCUT2D eigenvalue weighted by molar-refractivity contribution is 5.74. The molecule has 5 rings (SSSR count). The van der Waals surface area contributed by atoms with Crippen molar-refractivity contribution in [3.8, 4) is 0 Å². The van der Waals surface area contributed by atoms with E-state index >= 15 is 0 Å². The van der Waals surface area contributed by atoms with Gasteiger partial charge in [0.1, 0.15) is 0 Å². The van der Waals surface area contributed by atoms with Crippen LogP contribution in [0.3, 0.4) is 0 Å². The molecule has 0 amide bonds. The third-order valence-corrected chi connectivity index (χ3v) is 7.59. The van der Waals surface area contributed by atoms with Gasteiger partial charge >= 0.3 is 5.97 Å². The van der Waals surface area contributed by atoms with Crippen molar-refractivity contribution in [3.05, 3.63) is 0 Å². The van der Waals surface area contributed by atoms with Gasteiger partial charge in [-0.2, -0.15) is 0 Å². The average molecular weight is 322 g/mol. The minimum atomic E-state index is -1.20. The molecule has 1 saturated heterocycles. The first kappa shape index (κ1) is 15.9. The number of aliphatic hydroxyl groups excluding tert-OH is 1. The maximum Gasteiger partial charge on any atom is 0.334 e. The Morgan fingerprint density at radius 1 is 1.17 bits per heavy atom. The van der Waals surface area contributed by atoms with Gasteiger partial charge in [-0.3, -0.25) is 0 Å². The Balaban J connectivity index is 1.57. The summed E-state index contributed by atoms with van der Waals surface area (Å²) in [5.41, 5.74) is -0.874. The van der Waals surface area contributed by atoms with Crippen LogP contribution in [0.5, 0.6) is 0 Å². The minimum Gasteiger partial charge on any atom is -0.467 e. The molecule has 2 unspecified atom stereocenters. The van der Waals surface area contributed by atoms with Crippen molar-refractivity contribution in [3.63, 3.8) is 0 Å². The van der Waals surface area contributed by atoms with Crippen molar-refractivity contribution in [2.24, 2.45) is 23.7 Å². The Hall–Kier alpha value is -0.650. The maximum atomic E-state index is 13.4. The summed E-state index contributed by atoms with van der Waals surface area (Å²) in [5, 5.41) is 24.8. The molecule has 1 N–H and O–H groups in total. The van der Waals surface area contributed by atoms with E-state index in [0.717, 1.165) is 24.7 Å². The summed E-state index contributed by atoms with van der Waals surface area (Å²) < 4.78 is 4.62. The number of hydrogen-bond donors (Lipinski definition) is 1. The van der Waals surface area contributed by atoms with Crippen LogP contribution in [-0.2, 0) is 14.7 Å². The standard InChI is InChI=1S/C18H28NO4/c1-17(10-15(20)16(21)23-2)3-4-18(19(17)22)13-6-11-5-12(8-13)9-14(18)7-11/h11-15,20H,3-10H2,1-2H3. The summed E-state index contributed by atoms with van der Waals surface area (Å²) in [4.78, 5) is 11.6. The lowest BCUT2D eigenvalue weighted by Gasteiger charge is -2.62. The summed E-state index contributed by atoms with van der Waals surface area (Å²) in [5.74, 6) is 2.08. The summed E-state index contributed by atoms with van der Waals surface area (Å²) in [6.07, 6.45) is 6.89. The molecule has 4 bridgehead atoms. The molecule has 5 fully saturated rings. The molecule has 1 spiro atoms. The van der Waals surface area contributed by atoms with Gasteiger partial charge in [0.15, 0.2) is 6.10 Å². The topological polar surface area (TPSA) is 69.7 Å². The van der Waals surface area contributed by atoms with Crippen LogP contribution in [0, 0.1) is 23.7 Å². The third-order valence-electron chi connectivity index (χ3n) is 7.59. The number of hydroxylamine groups is 2. The lowest BCUT2D eigenvalue weighted by Crippen LogP contribution is -2.65. The molecule has 1 heterocycles. The Labute approximate surface area is 137 Å². The van der Waals surface area contributed by atoms with Crippen LogP contribution in [0.25, 0.3) is 0 Å². The molecule has 129 valence electrons. The van der Waals surface area contributed by atoms with Crippen molar-refractivity contribution in [1.29, 1.82) is 0 Å². The normalized spacial score (nSPS) is 49.7. The summed E-state index contributed by atoms with van der Waals surface area (Å²) in [7, 11) is 1.27. The second-order valence-corrected chi connectivity index (χ2v) is 8.83. The fourth-order valence-corrected chi connectivity index (χ4v) is 6.74. The third kappa shape index (κ3) is 2.12. The molecule has 0 aromatic heterocycles. The first-order valence-corrected chi connectivity index (χ1v) is 9.12. The number of ether oxygens (including phenoxy) is 1.